The van der Waals surface area contributed by atoms with Gasteiger partial charge in [-0.15, -0.1) is 4.65 Å². The molecule has 5 nitrogen and oxygen atoms in total. The molecule has 0 atom stereocenters. The van der Waals surface area contributed by atoms with Crippen molar-refractivity contribution in [3.8, 4) is 0 Å². The second-order valence-corrected chi connectivity index (χ2v) is 3.59. The molecule has 0 N–H and O–H groups in total. The Labute approximate surface area is 84.8 Å². The first kappa shape index (κ1) is 15.4. The molecule has 0 aromatic heterocycles. The third-order valence-corrected chi connectivity index (χ3v) is 0.830. The van der Waals surface area contributed by atoms with Gasteiger partial charge in [0.25, 0.3) is 0 Å². The zero-order chi connectivity index (χ0) is 11.8. The van der Waals surface area contributed by atoms with E-state index in [4.69, 9.17) is 14.7 Å². The van der Waals surface area contributed by atoms with Gasteiger partial charge in [0.15, 0.2) is 0 Å². The van der Waals surface area contributed by atoms with E-state index in [2.05, 4.69) is 0 Å². The number of carbonyl (C=O) groups excluding carboxylic acids is 2. The van der Waals surface area contributed by atoms with Gasteiger partial charge >= 0.3 is 5.97 Å². The van der Waals surface area contributed by atoms with Gasteiger partial charge in [0, 0.05) is 5.97 Å². The van der Waals surface area contributed by atoms with Crippen molar-refractivity contribution in [2.45, 2.75) is 26.7 Å². The summed E-state index contributed by atoms with van der Waals surface area (Å²) in [6.07, 6.45) is 1.36. The number of nitrogens with zero attached hydrogens (tertiary/aromatic N) is 1. The maximum atomic E-state index is 10.8. The molecular weight excluding hydrogens is 186 g/mol. The van der Waals surface area contributed by atoms with Gasteiger partial charge in [0.1, 0.15) is 21.1 Å². The Morgan fingerprint density at radius 1 is 1.29 bits per heavy atom. The van der Waals surface area contributed by atoms with Crippen LogP contribution in [0.15, 0.2) is 0 Å². The van der Waals surface area contributed by atoms with Gasteiger partial charge < -0.3 is 9.90 Å². The average molecular weight is 205 g/mol. The van der Waals surface area contributed by atoms with Crippen LogP contribution >= 0.6 is 0 Å². The molecule has 0 aromatic rings. The molecule has 0 heterocycles. The van der Waals surface area contributed by atoms with Crippen molar-refractivity contribution in [3.63, 3.8) is 0 Å². The molecule has 0 unspecified atom stereocenters. The van der Waals surface area contributed by atoms with Gasteiger partial charge in [0.05, 0.1) is 6.42 Å². The minimum absolute atomic E-state index is 0.130. The maximum Gasteiger partial charge on any atom is 0.366 e. The number of carboxylic acids is 1. The van der Waals surface area contributed by atoms with Gasteiger partial charge in [-0.2, -0.15) is 0 Å². The van der Waals surface area contributed by atoms with E-state index in [1.807, 2.05) is 28.1 Å². The molecule has 0 saturated heterocycles. The standard InChI is InChI=1S/C7H16NO2.C2H4O2/c1-5-6-7(9)10-8(2,3)4;1-2(3)4/h5-6H2,1-4H3;1H3,(H,3,4)/q+1;/p-1. The topological polar surface area (TPSA) is 66.4 Å². The molecule has 5 heteroatoms. The number of hydrogen-bond acceptors (Lipinski definition) is 4. The van der Waals surface area contributed by atoms with E-state index in [0.717, 1.165) is 13.3 Å². The lowest BCUT2D eigenvalue weighted by Crippen LogP contribution is -2.36. The number of carboxylic acid groups (broad SMARTS) is 1. The smallest absolute Gasteiger partial charge is 0.366 e. The Balaban J connectivity index is 0. The van der Waals surface area contributed by atoms with Crippen LogP contribution in [0.2, 0.25) is 0 Å². The summed E-state index contributed by atoms with van der Waals surface area (Å²) >= 11 is 0. The molecule has 0 bridgehead atoms. The predicted molar refractivity (Wildman–Crippen MR) is 49.7 cm³/mol. The SMILES string of the molecule is CC(=O)[O-].CCCC(=O)O[N+](C)(C)C. The molecule has 0 fully saturated rings. The molecule has 0 radical (unpaired) electrons. The van der Waals surface area contributed by atoms with E-state index in [1.54, 1.807) is 0 Å². The molecule has 0 amide bonds. The minimum Gasteiger partial charge on any atom is -0.550 e. The monoisotopic (exact) mass is 205 g/mol. The summed E-state index contributed by atoms with van der Waals surface area (Å²) in [5.74, 6) is -1.21. The summed E-state index contributed by atoms with van der Waals surface area (Å²) in [5, 5.41) is 8.89. The summed E-state index contributed by atoms with van der Waals surface area (Å²) < 4.78 is 0.249. The van der Waals surface area contributed by atoms with Crippen molar-refractivity contribution >= 4 is 11.9 Å². The first-order valence-corrected chi connectivity index (χ1v) is 4.40. The van der Waals surface area contributed by atoms with Gasteiger partial charge in [-0.3, -0.25) is 4.84 Å². The van der Waals surface area contributed by atoms with Crippen LogP contribution in [-0.4, -0.2) is 37.7 Å². The Morgan fingerprint density at radius 3 is 1.86 bits per heavy atom. The first-order valence-electron chi connectivity index (χ1n) is 4.40. The number of hydrogen-bond donors (Lipinski definition) is 0. The van der Waals surface area contributed by atoms with Crippen molar-refractivity contribution in [2.75, 3.05) is 21.1 Å². The summed E-state index contributed by atoms with van der Waals surface area (Å²) in [7, 11) is 5.44. The largest absolute Gasteiger partial charge is 0.550 e. The molecule has 0 aliphatic rings. The van der Waals surface area contributed by atoms with Crippen molar-refractivity contribution in [1.82, 2.24) is 0 Å². The van der Waals surface area contributed by atoms with Crippen molar-refractivity contribution in [2.24, 2.45) is 0 Å². The third-order valence-electron chi connectivity index (χ3n) is 0.830. The van der Waals surface area contributed by atoms with Crippen LogP contribution in [0.4, 0.5) is 0 Å². The fraction of sp³-hybridized carbons (Fsp3) is 0.778. The lowest BCUT2D eigenvalue weighted by Gasteiger charge is -2.19. The van der Waals surface area contributed by atoms with Crippen LogP contribution in [0.5, 0.6) is 0 Å². The Bertz CT molecular complexity index is 180. The van der Waals surface area contributed by atoms with Crippen LogP contribution in [0.3, 0.4) is 0 Å². The van der Waals surface area contributed by atoms with E-state index >= 15 is 0 Å². The Hall–Kier alpha value is -1.10. The highest BCUT2D eigenvalue weighted by molar-refractivity contribution is 5.68. The van der Waals surface area contributed by atoms with Gasteiger partial charge in [-0.05, 0) is 13.3 Å². The van der Waals surface area contributed by atoms with Crippen LogP contribution in [0, 0.1) is 0 Å². The fourth-order valence-corrected chi connectivity index (χ4v) is 0.555. The molecule has 0 spiro atoms. The van der Waals surface area contributed by atoms with Crippen LogP contribution in [-0.2, 0) is 14.4 Å². The first-order chi connectivity index (χ1) is 6.19. The number of rotatable bonds is 3. The Morgan fingerprint density at radius 2 is 1.64 bits per heavy atom. The third kappa shape index (κ3) is 22.4. The van der Waals surface area contributed by atoms with Gasteiger partial charge in [-0.25, -0.2) is 4.79 Å². The quantitative estimate of drug-likeness (QED) is 0.469. The number of carbonyl (C=O) groups is 2. The van der Waals surface area contributed by atoms with Crippen molar-refractivity contribution in [1.29, 1.82) is 0 Å². The fourth-order valence-electron chi connectivity index (χ4n) is 0.555. The summed E-state index contributed by atoms with van der Waals surface area (Å²) in [6.45, 7) is 2.93. The second kappa shape index (κ2) is 7.32. The van der Waals surface area contributed by atoms with Gasteiger partial charge in [-0.1, -0.05) is 6.92 Å². The molecule has 84 valence electrons. The lowest BCUT2D eigenvalue weighted by atomic mass is 10.3. The highest BCUT2D eigenvalue weighted by atomic mass is 16.7. The molecule has 14 heavy (non-hydrogen) atoms. The van der Waals surface area contributed by atoms with Crippen LogP contribution in [0.1, 0.15) is 26.7 Å². The van der Waals surface area contributed by atoms with E-state index in [9.17, 15) is 4.79 Å². The highest BCUT2D eigenvalue weighted by Gasteiger charge is 2.13. The zero-order valence-electron chi connectivity index (χ0n) is 9.49. The summed E-state index contributed by atoms with van der Waals surface area (Å²) in [4.78, 5) is 24.7. The molecule has 0 rings (SSSR count). The van der Waals surface area contributed by atoms with Crippen molar-refractivity contribution in [3.05, 3.63) is 0 Å². The molecule has 0 aromatic carbocycles. The van der Waals surface area contributed by atoms with E-state index < -0.39 is 5.97 Å². The number of quaternary nitrogens is 1. The van der Waals surface area contributed by atoms with Crippen LogP contribution < -0.4 is 5.11 Å². The highest BCUT2D eigenvalue weighted by Crippen LogP contribution is 1.97. The second-order valence-electron chi connectivity index (χ2n) is 3.59. The Kier molecular flexibility index (Phi) is 8.04. The van der Waals surface area contributed by atoms with E-state index in [1.165, 1.54) is 0 Å². The van der Waals surface area contributed by atoms with Crippen molar-refractivity contribution < 1.29 is 24.2 Å². The summed E-state index contributed by atoms with van der Waals surface area (Å²) in [5.41, 5.74) is 0. The van der Waals surface area contributed by atoms with E-state index in [0.29, 0.717) is 6.42 Å². The number of aliphatic carboxylic acids is 1. The lowest BCUT2D eigenvalue weighted by molar-refractivity contribution is -1.04. The average Bonchev–Trinajstić information content (AvgIpc) is 1.80. The number of hydroxylamine groups is 3. The molecule has 0 aliphatic carbocycles. The zero-order valence-corrected chi connectivity index (χ0v) is 9.49. The maximum absolute atomic E-state index is 10.8. The normalized spacial score (nSPS) is 9.79. The van der Waals surface area contributed by atoms with E-state index in [-0.39, 0.29) is 10.6 Å². The molecule has 0 saturated carbocycles. The summed E-state index contributed by atoms with van der Waals surface area (Å²) in [6, 6.07) is 0. The van der Waals surface area contributed by atoms with Crippen LogP contribution in [0.25, 0.3) is 0 Å². The molecular formula is C9H19NO4. The van der Waals surface area contributed by atoms with Gasteiger partial charge in [0.2, 0.25) is 0 Å². The molecule has 0 aliphatic heterocycles. The minimum atomic E-state index is -1.08. The predicted octanol–water partition coefficient (Wildman–Crippen LogP) is -0.293.